The van der Waals surface area contributed by atoms with E-state index in [4.69, 9.17) is 33.3 Å². The first-order valence-electron chi connectivity index (χ1n) is 23.3. The van der Waals surface area contributed by atoms with Crippen LogP contribution in [0, 0.1) is 0 Å². The summed E-state index contributed by atoms with van der Waals surface area (Å²) in [5, 5.41) is 27.1. The van der Waals surface area contributed by atoms with Gasteiger partial charge < -0.3 is 48.0 Å². The Hall–Kier alpha value is -8.71. The van der Waals surface area contributed by atoms with Gasteiger partial charge in [-0.15, -0.1) is 0 Å². The molecule has 9 heterocycles. The number of oxazole rings is 3. The Morgan fingerprint density at radius 2 is 0.732 bits per heavy atom. The van der Waals surface area contributed by atoms with E-state index in [1.54, 1.807) is 36.8 Å². The summed E-state index contributed by atoms with van der Waals surface area (Å²) in [7, 11) is 0. The Kier molecular flexibility index (Phi) is 13.3. The number of anilines is 3. The van der Waals surface area contributed by atoms with Crippen molar-refractivity contribution in [3.8, 4) is 34.4 Å². The van der Waals surface area contributed by atoms with Crippen LogP contribution in [-0.2, 0) is 4.74 Å². The van der Waals surface area contributed by atoms with Crippen LogP contribution in [0.1, 0.15) is 63.2 Å². The van der Waals surface area contributed by atoms with Gasteiger partial charge in [0.1, 0.15) is 34.0 Å². The monoisotopic (exact) mass is 957 g/mol. The topological polar surface area (TPSA) is 248 Å². The Morgan fingerprint density at radius 3 is 1.04 bits per heavy atom. The highest BCUT2D eigenvalue weighted by molar-refractivity contribution is 5.94. The van der Waals surface area contributed by atoms with Gasteiger partial charge in [0.05, 0.1) is 46.6 Å². The first-order valence-corrected chi connectivity index (χ1v) is 23.3. The van der Waals surface area contributed by atoms with E-state index in [-0.39, 0.29) is 16.7 Å². The van der Waals surface area contributed by atoms with E-state index in [0.29, 0.717) is 64.2 Å². The summed E-state index contributed by atoms with van der Waals surface area (Å²) in [5.74, 6) is 1.21. The van der Waals surface area contributed by atoms with Gasteiger partial charge in [0.15, 0.2) is 16.7 Å². The third-order valence-corrected chi connectivity index (χ3v) is 12.3. The quantitative estimate of drug-likeness (QED) is 0.122. The first-order chi connectivity index (χ1) is 34.6. The van der Waals surface area contributed by atoms with Crippen molar-refractivity contribution in [2.24, 2.45) is 0 Å². The summed E-state index contributed by atoms with van der Waals surface area (Å²) in [6.45, 7) is 7.27. The molecule has 0 aliphatic carbocycles. The molecule has 360 valence electrons. The van der Waals surface area contributed by atoms with Crippen molar-refractivity contribution in [1.29, 1.82) is 0 Å². The molecule has 0 bridgehead atoms. The number of hydrogen-bond acceptors (Lipinski definition) is 16. The maximum atomic E-state index is 11.0. The molecule has 3 saturated heterocycles. The van der Waals surface area contributed by atoms with Crippen LogP contribution in [0.3, 0.4) is 0 Å². The van der Waals surface area contributed by atoms with E-state index in [1.807, 2.05) is 36.4 Å². The second-order valence-corrected chi connectivity index (χ2v) is 17.1. The Balaban J connectivity index is 0.000000123. The number of carboxylic acid groups (broad SMARTS) is 3. The minimum atomic E-state index is -0.988. The lowest BCUT2D eigenvalue weighted by Crippen LogP contribution is -2.36. The summed E-state index contributed by atoms with van der Waals surface area (Å²) in [5.41, 5.74) is 6.14. The molecule has 19 nitrogen and oxygen atoms in total. The van der Waals surface area contributed by atoms with E-state index in [2.05, 4.69) is 44.6 Å². The van der Waals surface area contributed by atoms with Gasteiger partial charge in [0, 0.05) is 57.9 Å². The van der Waals surface area contributed by atoms with Gasteiger partial charge >= 0.3 is 17.9 Å². The maximum Gasteiger partial charge on any atom is 0.335 e. The van der Waals surface area contributed by atoms with E-state index < -0.39 is 17.9 Å². The number of nitrogens with zero attached hydrogens (tertiary/aromatic N) is 9. The van der Waals surface area contributed by atoms with Crippen LogP contribution in [0.2, 0.25) is 0 Å². The first kappa shape index (κ1) is 46.0. The third-order valence-electron chi connectivity index (χ3n) is 12.3. The molecule has 6 aromatic heterocycles. The number of benzene rings is 3. The van der Waals surface area contributed by atoms with Crippen LogP contribution in [0.5, 0.6) is 0 Å². The van der Waals surface area contributed by atoms with Crippen molar-refractivity contribution in [2.45, 2.75) is 32.1 Å². The molecule has 71 heavy (non-hydrogen) atoms. The molecule has 0 unspecified atom stereocenters. The number of carbonyl (C=O) groups is 3. The molecule has 0 saturated carbocycles. The molecule has 3 aliphatic heterocycles. The molecule has 0 spiro atoms. The van der Waals surface area contributed by atoms with Gasteiger partial charge in [-0.25, -0.2) is 44.3 Å². The highest BCUT2D eigenvalue weighted by Crippen LogP contribution is 2.30. The van der Waals surface area contributed by atoms with Crippen molar-refractivity contribution >= 4 is 68.7 Å². The number of aromatic carboxylic acids is 3. The number of rotatable bonds is 9. The molecule has 0 radical (unpaired) electrons. The van der Waals surface area contributed by atoms with Crippen LogP contribution in [0.4, 0.5) is 17.5 Å². The lowest BCUT2D eigenvalue weighted by Gasteiger charge is -2.27. The van der Waals surface area contributed by atoms with Gasteiger partial charge in [-0.2, -0.15) is 0 Å². The smallest absolute Gasteiger partial charge is 0.335 e. The standard InChI is InChI=1S/C18H17N3O3.C17H15N3O4.C17H15N3O3/c22-18(23)12-4-6-15-14(10-12)20-17(24-15)13-5-7-16(19-11-13)21-8-2-1-3-9-21;21-17(22)11-1-3-14-13(9-11)19-16(24-14)12-2-4-15(18-10-12)20-5-7-23-8-6-20;21-17(22)11-3-5-14-13(9-11)19-16(23-14)12-4-6-15(18-10-12)20-7-1-2-8-20/h4-7,10-11H,1-3,8-9H2,(H,22,23);1-4,9-10H,5-8H2,(H,21,22);3-6,9-10H,1-2,7-8H2,(H,21,22). The summed E-state index contributed by atoms with van der Waals surface area (Å²) in [6.07, 6.45) is 11.3. The van der Waals surface area contributed by atoms with E-state index in [1.165, 1.54) is 68.5 Å². The molecule has 3 aromatic carbocycles. The number of aromatic nitrogens is 6. The van der Waals surface area contributed by atoms with Gasteiger partial charge in [0.2, 0.25) is 17.7 Å². The fourth-order valence-electron chi connectivity index (χ4n) is 8.51. The summed E-state index contributed by atoms with van der Waals surface area (Å²) < 4.78 is 22.4. The van der Waals surface area contributed by atoms with Gasteiger partial charge in [-0.3, -0.25) is 0 Å². The molecule has 0 atom stereocenters. The predicted molar refractivity (Wildman–Crippen MR) is 263 cm³/mol. The van der Waals surface area contributed by atoms with E-state index >= 15 is 0 Å². The van der Waals surface area contributed by atoms with Crippen LogP contribution in [0.25, 0.3) is 67.7 Å². The molecule has 3 fully saturated rings. The number of hydrogen-bond donors (Lipinski definition) is 3. The Bertz CT molecular complexity index is 3190. The third kappa shape index (κ3) is 10.5. The Morgan fingerprint density at radius 1 is 0.408 bits per heavy atom. The van der Waals surface area contributed by atoms with E-state index in [9.17, 15) is 14.4 Å². The molecule has 19 heteroatoms. The SMILES string of the molecule is O=C(O)c1ccc2oc(-c3ccc(N4CCCC4)nc3)nc2c1.O=C(O)c1ccc2oc(-c3ccc(N4CCCCC4)nc3)nc2c1.O=C(O)c1ccc2oc(-c3ccc(N4CCOCC4)nc3)nc2c1. The number of morpholine rings is 1. The lowest BCUT2D eigenvalue weighted by atomic mass is 10.1. The molecule has 0 amide bonds. The second-order valence-electron chi connectivity index (χ2n) is 17.1. The molecular formula is C52H47N9O10. The zero-order chi connectivity index (χ0) is 48.8. The Labute approximate surface area is 405 Å². The summed E-state index contributed by atoms with van der Waals surface area (Å²) in [4.78, 5) is 66.4. The van der Waals surface area contributed by atoms with Crippen LogP contribution in [0.15, 0.2) is 123 Å². The highest BCUT2D eigenvalue weighted by atomic mass is 16.5. The van der Waals surface area contributed by atoms with Gasteiger partial charge in [-0.05, 0) is 123 Å². The molecule has 9 aromatic rings. The highest BCUT2D eigenvalue weighted by Gasteiger charge is 2.19. The minimum Gasteiger partial charge on any atom is -0.478 e. The number of carboxylic acids is 3. The van der Waals surface area contributed by atoms with Gasteiger partial charge in [0.25, 0.3) is 0 Å². The zero-order valence-electron chi connectivity index (χ0n) is 38.3. The van der Waals surface area contributed by atoms with Crippen molar-refractivity contribution in [3.63, 3.8) is 0 Å². The molecule has 3 aliphatic rings. The number of fused-ring (bicyclic) bond motifs is 3. The fourth-order valence-corrected chi connectivity index (χ4v) is 8.51. The maximum absolute atomic E-state index is 11.0. The lowest BCUT2D eigenvalue weighted by molar-refractivity contribution is 0.0686. The molecule has 3 N–H and O–H groups in total. The van der Waals surface area contributed by atoms with Crippen molar-refractivity contribution < 1.29 is 47.7 Å². The van der Waals surface area contributed by atoms with Gasteiger partial charge in [-0.1, -0.05) is 0 Å². The van der Waals surface area contributed by atoms with E-state index in [0.717, 1.165) is 73.4 Å². The normalized spacial score (nSPS) is 14.8. The van der Waals surface area contributed by atoms with Crippen LogP contribution < -0.4 is 14.7 Å². The summed E-state index contributed by atoms with van der Waals surface area (Å²) >= 11 is 0. The number of piperidine rings is 1. The van der Waals surface area contributed by atoms with Crippen LogP contribution >= 0.6 is 0 Å². The average Bonchev–Trinajstić information content (AvgIpc) is 4.26. The minimum absolute atomic E-state index is 0.183. The average molecular weight is 958 g/mol. The molecular weight excluding hydrogens is 911 g/mol. The predicted octanol–water partition coefficient (Wildman–Crippen LogP) is 9.19. The fraction of sp³-hybridized carbons (Fsp3) is 0.250. The zero-order valence-corrected chi connectivity index (χ0v) is 38.3. The van der Waals surface area contributed by atoms with Crippen LogP contribution in [-0.4, -0.2) is 116 Å². The molecule has 12 rings (SSSR count). The number of pyridine rings is 3. The van der Waals surface area contributed by atoms with Crippen molar-refractivity contribution in [1.82, 2.24) is 29.9 Å². The van der Waals surface area contributed by atoms with Crippen molar-refractivity contribution in [3.05, 3.63) is 126 Å². The number of ether oxygens (including phenoxy) is 1. The second kappa shape index (κ2) is 20.5. The summed E-state index contributed by atoms with van der Waals surface area (Å²) in [6, 6.07) is 25.6. The largest absolute Gasteiger partial charge is 0.478 e. The van der Waals surface area contributed by atoms with Crippen molar-refractivity contribution in [2.75, 3.05) is 67.2 Å².